The van der Waals surface area contributed by atoms with E-state index in [1.165, 1.54) is 0 Å². The van der Waals surface area contributed by atoms with Gasteiger partial charge in [-0.25, -0.2) is 0 Å². The van der Waals surface area contributed by atoms with Crippen LogP contribution in [-0.2, 0) is 4.57 Å². The van der Waals surface area contributed by atoms with Crippen LogP contribution in [0.15, 0.2) is 11.8 Å². The first-order valence-electron chi connectivity index (χ1n) is 3.56. The fourth-order valence-electron chi connectivity index (χ4n) is 0.146. The first-order valence-corrected chi connectivity index (χ1v) is 4.17. The van der Waals surface area contributed by atoms with Gasteiger partial charge in [0, 0.05) is 5.79 Å². The molecule has 0 unspecified atom stereocenters. The van der Waals surface area contributed by atoms with E-state index in [0.717, 1.165) is 6.92 Å². The lowest BCUT2D eigenvalue weighted by Gasteiger charge is -1.89. The van der Waals surface area contributed by atoms with Crippen molar-refractivity contribution in [1.82, 2.24) is 0 Å². The molecule has 0 rings (SSSR count). The van der Waals surface area contributed by atoms with Crippen molar-refractivity contribution in [3.05, 3.63) is 11.8 Å². The zero-order valence-electron chi connectivity index (χ0n) is 7.75. The molecule has 0 aromatic carbocycles. The summed E-state index contributed by atoms with van der Waals surface area (Å²) in [5.74, 6) is -0.914. The fourth-order valence-corrected chi connectivity index (χ4v) is 0.437. The highest BCUT2D eigenvalue weighted by Crippen LogP contribution is 2.35. The average molecular weight is 154 g/mol. The summed E-state index contributed by atoms with van der Waals surface area (Å²) >= 11 is 0. The molecular weight excluding hydrogens is 139 g/mol. The van der Waals surface area contributed by atoms with Gasteiger partial charge < -0.3 is 9.79 Å². The normalized spacial score (nSPS) is 16.1. The molecule has 3 nitrogen and oxygen atoms in total. The summed E-state index contributed by atoms with van der Waals surface area (Å²) in [5.41, 5.74) is 0. The van der Waals surface area contributed by atoms with Crippen LogP contribution >= 0.6 is 7.60 Å². The minimum absolute atomic E-state index is 0.400. The van der Waals surface area contributed by atoms with E-state index < -0.39 is 19.4 Å². The Kier molecular flexibility index (Phi) is 4.68. The van der Waals surface area contributed by atoms with Crippen LogP contribution in [0.2, 0.25) is 0 Å². The standard InChI is InChI=1S/C3H7O3P.C2H6/c1-2-3-7(4,5)6;1-2/h2-3H,1H3,(H2,4,5,6);1-2H3/b3-2+;/i2D,3D;. The topological polar surface area (TPSA) is 57.5 Å². The molecular formula is C5H13O3P. The van der Waals surface area contributed by atoms with Crippen molar-refractivity contribution >= 4 is 7.60 Å². The van der Waals surface area contributed by atoms with Gasteiger partial charge in [0.05, 0.1) is 2.74 Å². The first-order chi connectivity index (χ1) is 4.85. The summed E-state index contributed by atoms with van der Waals surface area (Å²) in [7, 11) is -4.45. The molecule has 0 spiro atoms. The lowest BCUT2D eigenvalue weighted by molar-refractivity contribution is 0.386. The van der Waals surface area contributed by atoms with Crippen molar-refractivity contribution in [2.75, 3.05) is 0 Å². The van der Waals surface area contributed by atoms with Gasteiger partial charge in [0.25, 0.3) is 0 Å². The van der Waals surface area contributed by atoms with Gasteiger partial charge in [0.15, 0.2) is 0 Å². The minimum Gasteiger partial charge on any atom is -0.321 e. The van der Waals surface area contributed by atoms with Crippen molar-refractivity contribution < 1.29 is 17.1 Å². The van der Waals surface area contributed by atoms with Gasteiger partial charge >= 0.3 is 7.60 Å². The second-order valence-electron chi connectivity index (χ2n) is 0.906. The van der Waals surface area contributed by atoms with Crippen molar-refractivity contribution in [1.29, 1.82) is 0 Å². The molecule has 0 bridgehead atoms. The molecule has 9 heavy (non-hydrogen) atoms. The van der Waals surface area contributed by atoms with E-state index in [0.29, 0.717) is 0 Å². The first kappa shape index (κ1) is 7.00. The zero-order chi connectivity index (χ0) is 9.65. The SMILES string of the molecule is CC.[2H]/C(C)=C(/[2H])P(=O)(O)O. The molecule has 2 N–H and O–H groups in total. The van der Waals surface area contributed by atoms with Crippen LogP contribution in [0, 0.1) is 0 Å². The van der Waals surface area contributed by atoms with Gasteiger partial charge in [-0.2, -0.15) is 0 Å². The third-order valence-corrected chi connectivity index (χ3v) is 0.772. The monoisotopic (exact) mass is 154 g/mol. The van der Waals surface area contributed by atoms with Crippen molar-refractivity contribution in [3.63, 3.8) is 0 Å². The number of hydrogen-bond acceptors (Lipinski definition) is 1. The summed E-state index contributed by atoms with van der Waals surface area (Å²) in [4.78, 5) is 16.4. The maximum Gasteiger partial charge on any atom is 0.348 e. The van der Waals surface area contributed by atoms with Gasteiger partial charge in [-0.15, -0.1) is 0 Å². The Morgan fingerprint density at radius 2 is 1.89 bits per heavy atom. The fraction of sp³-hybridized carbons (Fsp3) is 0.600. The third kappa shape index (κ3) is 18.1. The minimum atomic E-state index is -4.45. The maximum atomic E-state index is 10.1. The molecule has 0 atom stereocenters. The van der Waals surface area contributed by atoms with Crippen LogP contribution in [0.5, 0.6) is 0 Å². The summed E-state index contributed by atoms with van der Waals surface area (Å²) in [6.07, 6.45) is 0. The second kappa shape index (κ2) is 6.02. The lowest BCUT2D eigenvalue weighted by atomic mass is 10.8. The Hall–Kier alpha value is -0.110. The van der Waals surface area contributed by atoms with Crippen LogP contribution in [0.3, 0.4) is 0 Å². The number of rotatable bonds is 1. The molecule has 0 aromatic rings. The van der Waals surface area contributed by atoms with Gasteiger partial charge in [-0.05, 0) is 6.92 Å². The van der Waals surface area contributed by atoms with Gasteiger partial charge in [-0.3, -0.25) is 4.57 Å². The second-order valence-corrected chi connectivity index (χ2v) is 2.22. The van der Waals surface area contributed by atoms with Crippen molar-refractivity contribution in [2.45, 2.75) is 20.8 Å². The average Bonchev–Trinajstić information content (AvgIpc) is 1.89. The molecule has 0 heterocycles. The van der Waals surface area contributed by atoms with E-state index in [1.54, 1.807) is 0 Å². The largest absolute Gasteiger partial charge is 0.348 e. The smallest absolute Gasteiger partial charge is 0.321 e. The Morgan fingerprint density at radius 1 is 1.56 bits per heavy atom. The third-order valence-electron chi connectivity index (χ3n) is 0.257. The van der Waals surface area contributed by atoms with E-state index in [4.69, 9.17) is 12.5 Å². The van der Waals surface area contributed by atoms with Crippen molar-refractivity contribution in [2.24, 2.45) is 0 Å². The Balaban J connectivity index is 0. The predicted molar refractivity (Wildman–Crippen MR) is 38.2 cm³/mol. The van der Waals surface area contributed by atoms with Crippen molar-refractivity contribution in [3.8, 4) is 0 Å². The van der Waals surface area contributed by atoms with E-state index in [2.05, 4.69) is 0 Å². The van der Waals surface area contributed by atoms with E-state index >= 15 is 0 Å². The van der Waals surface area contributed by atoms with Gasteiger partial charge in [-0.1, -0.05) is 19.9 Å². The summed E-state index contributed by atoms with van der Waals surface area (Å²) in [5, 5.41) is 0. The van der Waals surface area contributed by atoms with Crippen LogP contribution in [0.1, 0.15) is 23.5 Å². The van der Waals surface area contributed by atoms with Crippen LogP contribution in [0.25, 0.3) is 0 Å². The van der Waals surface area contributed by atoms with E-state index in [1.807, 2.05) is 13.8 Å². The summed E-state index contributed by atoms with van der Waals surface area (Å²) in [6, 6.07) is -0.400. The molecule has 0 radical (unpaired) electrons. The molecule has 0 saturated carbocycles. The van der Waals surface area contributed by atoms with Gasteiger partial charge in [0.2, 0.25) is 0 Å². The Labute approximate surface area is 58.4 Å². The maximum absolute atomic E-state index is 10.1. The highest BCUT2D eigenvalue weighted by atomic mass is 31.2. The quantitative estimate of drug-likeness (QED) is 0.565. The zero-order valence-corrected chi connectivity index (χ0v) is 6.64. The number of allylic oxidation sites excluding steroid dienone is 1. The summed E-state index contributed by atoms with van der Waals surface area (Å²) in [6.45, 7) is 5.15. The Bertz CT molecular complexity index is 180. The predicted octanol–water partition coefficient (Wildman–Crippen LogP) is 1.72. The highest BCUT2D eigenvalue weighted by Gasteiger charge is 2.02. The molecule has 0 aliphatic heterocycles. The van der Waals surface area contributed by atoms with E-state index in [-0.39, 0.29) is 0 Å². The molecule has 0 saturated heterocycles. The highest BCUT2D eigenvalue weighted by molar-refractivity contribution is 7.55. The lowest BCUT2D eigenvalue weighted by Crippen LogP contribution is -1.65. The molecule has 0 aromatic heterocycles. The van der Waals surface area contributed by atoms with Crippen LogP contribution < -0.4 is 0 Å². The molecule has 4 heteroatoms. The Morgan fingerprint density at radius 3 is 1.89 bits per heavy atom. The van der Waals surface area contributed by atoms with Crippen LogP contribution in [0.4, 0.5) is 0 Å². The van der Waals surface area contributed by atoms with Gasteiger partial charge in [0.1, 0.15) is 0 Å². The molecule has 0 fully saturated rings. The molecule has 56 valence electrons. The number of hydrogen-bond donors (Lipinski definition) is 2. The molecule has 0 aliphatic carbocycles. The molecule has 0 amide bonds. The molecule has 0 aliphatic rings. The van der Waals surface area contributed by atoms with Crippen LogP contribution in [-0.4, -0.2) is 9.79 Å². The van der Waals surface area contributed by atoms with E-state index in [9.17, 15) is 4.57 Å². The summed E-state index contributed by atoms with van der Waals surface area (Å²) < 4.78 is 23.3.